The summed E-state index contributed by atoms with van der Waals surface area (Å²) in [5.74, 6) is -2.35. The van der Waals surface area contributed by atoms with Crippen molar-refractivity contribution >= 4 is 9.84 Å². The third-order valence-corrected chi connectivity index (χ3v) is 4.18. The van der Waals surface area contributed by atoms with Crippen LogP contribution in [0.15, 0.2) is 23.1 Å². The van der Waals surface area contributed by atoms with Crippen molar-refractivity contribution < 1.29 is 17.2 Å². The van der Waals surface area contributed by atoms with E-state index in [4.69, 9.17) is 0 Å². The number of nitrogens with one attached hydrogen (secondary N) is 1. The second-order valence-corrected chi connectivity index (χ2v) is 5.85. The first-order valence-corrected chi connectivity index (χ1v) is 6.93. The van der Waals surface area contributed by atoms with Gasteiger partial charge in [0.05, 0.1) is 10.6 Å². The minimum Gasteiger partial charge on any atom is -0.314 e. The molecule has 0 fully saturated rings. The zero-order chi connectivity index (χ0) is 13.1. The minimum atomic E-state index is -3.59. The summed E-state index contributed by atoms with van der Waals surface area (Å²) in [6.45, 7) is 4.23. The van der Waals surface area contributed by atoms with Crippen LogP contribution in [0.1, 0.15) is 13.8 Å². The first kappa shape index (κ1) is 14.1. The number of hydrogen-bond acceptors (Lipinski definition) is 3. The van der Waals surface area contributed by atoms with E-state index in [1.807, 2.05) is 6.92 Å². The molecule has 0 saturated carbocycles. The maximum Gasteiger partial charge on any atom is 0.179 e. The van der Waals surface area contributed by atoms with Gasteiger partial charge in [0.25, 0.3) is 0 Å². The molecule has 0 saturated heterocycles. The highest BCUT2D eigenvalue weighted by Gasteiger charge is 2.19. The van der Waals surface area contributed by atoms with Gasteiger partial charge in [-0.3, -0.25) is 0 Å². The second kappa shape index (κ2) is 5.55. The summed E-state index contributed by atoms with van der Waals surface area (Å²) in [5.41, 5.74) is 0. The molecule has 1 aromatic rings. The van der Waals surface area contributed by atoms with Gasteiger partial charge in [0.2, 0.25) is 0 Å². The fraction of sp³-hybridized carbons (Fsp3) is 0.455. The molecule has 96 valence electrons. The van der Waals surface area contributed by atoms with Crippen molar-refractivity contribution in [3.8, 4) is 0 Å². The number of benzene rings is 1. The molecule has 1 N–H and O–H groups in total. The summed E-state index contributed by atoms with van der Waals surface area (Å²) in [5, 5.41) is 2.95. The van der Waals surface area contributed by atoms with Crippen LogP contribution in [0.4, 0.5) is 8.78 Å². The summed E-state index contributed by atoms with van der Waals surface area (Å²) in [6.07, 6.45) is 0. The molecule has 1 rings (SSSR count). The molecule has 0 aromatic heterocycles. The van der Waals surface area contributed by atoms with Crippen molar-refractivity contribution in [3.63, 3.8) is 0 Å². The lowest BCUT2D eigenvalue weighted by Crippen LogP contribution is -2.32. The van der Waals surface area contributed by atoms with Crippen molar-refractivity contribution in [2.45, 2.75) is 24.8 Å². The predicted octanol–water partition coefficient (Wildman–Crippen LogP) is 1.74. The van der Waals surface area contributed by atoms with E-state index in [1.165, 1.54) is 0 Å². The zero-order valence-corrected chi connectivity index (χ0v) is 10.5. The highest BCUT2D eigenvalue weighted by Crippen LogP contribution is 2.15. The van der Waals surface area contributed by atoms with Crippen LogP contribution in [0.25, 0.3) is 0 Å². The summed E-state index contributed by atoms with van der Waals surface area (Å²) in [7, 11) is -3.59. The largest absolute Gasteiger partial charge is 0.314 e. The minimum absolute atomic E-state index is 0.147. The molecule has 1 unspecified atom stereocenters. The SMILES string of the molecule is CCNC(C)CS(=O)(=O)c1ccc(F)c(F)c1. The van der Waals surface area contributed by atoms with Crippen LogP contribution in [0.5, 0.6) is 0 Å². The van der Waals surface area contributed by atoms with Gasteiger partial charge in [0.1, 0.15) is 0 Å². The smallest absolute Gasteiger partial charge is 0.179 e. The van der Waals surface area contributed by atoms with Crippen molar-refractivity contribution in [2.75, 3.05) is 12.3 Å². The molecule has 0 amide bonds. The van der Waals surface area contributed by atoms with Gasteiger partial charge in [-0.15, -0.1) is 0 Å². The molecule has 1 aromatic carbocycles. The Morgan fingerprint density at radius 1 is 1.29 bits per heavy atom. The third kappa shape index (κ3) is 3.74. The Morgan fingerprint density at radius 2 is 1.94 bits per heavy atom. The van der Waals surface area contributed by atoms with Crippen molar-refractivity contribution in [2.24, 2.45) is 0 Å². The summed E-state index contributed by atoms with van der Waals surface area (Å²) < 4.78 is 49.3. The van der Waals surface area contributed by atoms with Crippen LogP contribution >= 0.6 is 0 Å². The van der Waals surface area contributed by atoms with Gasteiger partial charge in [0.15, 0.2) is 21.5 Å². The molecule has 0 radical (unpaired) electrons. The topological polar surface area (TPSA) is 46.2 Å². The molecule has 0 aliphatic heterocycles. The monoisotopic (exact) mass is 263 g/mol. The average molecular weight is 263 g/mol. The molecular formula is C11H15F2NO2S. The van der Waals surface area contributed by atoms with Crippen LogP contribution in [-0.4, -0.2) is 26.8 Å². The van der Waals surface area contributed by atoms with Crippen LogP contribution in [0.3, 0.4) is 0 Å². The highest BCUT2D eigenvalue weighted by molar-refractivity contribution is 7.91. The summed E-state index contributed by atoms with van der Waals surface area (Å²) in [6, 6.07) is 2.37. The highest BCUT2D eigenvalue weighted by atomic mass is 32.2. The van der Waals surface area contributed by atoms with Crippen molar-refractivity contribution in [1.82, 2.24) is 5.32 Å². The van der Waals surface area contributed by atoms with Gasteiger partial charge < -0.3 is 5.32 Å². The van der Waals surface area contributed by atoms with Crippen molar-refractivity contribution in [1.29, 1.82) is 0 Å². The first-order valence-electron chi connectivity index (χ1n) is 5.28. The van der Waals surface area contributed by atoms with Crippen molar-refractivity contribution in [3.05, 3.63) is 29.8 Å². The lowest BCUT2D eigenvalue weighted by atomic mass is 10.3. The van der Waals surface area contributed by atoms with Crippen LogP contribution in [0, 0.1) is 11.6 Å². The quantitative estimate of drug-likeness (QED) is 0.823. The van der Waals surface area contributed by atoms with E-state index in [0.29, 0.717) is 12.6 Å². The Morgan fingerprint density at radius 3 is 2.47 bits per heavy atom. The van der Waals surface area contributed by atoms with Gasteiger partial charge in [0, 0.05) is 6.04 Å². The van der Waals surface area contributed by atoms with E-state index in [1.54, 1.807) is 6.92 Å². The predicted molar refractivity (Wildman–Crippen MR) is 61.5 cm³/mol. The molecule has 6 heteroatoms. The van der Waals surface area contributed by atoms with Crippen LogP contribution in [0.2, 0.25) is 0 Å². The molecule has 0 aliphatic carbocycles. The molecule has 17 heavy (non-hydrogen) atoms. The number of hydrogen-bond donors (Lipinski definition) is 1. The first-order chi connectivity index (χ1) is 7.86. The Balaban J connectivity index is 2.93. The number of rotatable bonds is 5. The summed E-state index contributed by atoms with van der Waals surface area (Å²) >= 11 is 0. The fourth-order valence-corrected chi connectivity index (χ4v) is 3.03. The van der Waals surface area contributed by atoms with E-state index < -0.39 is 21.5 Å². The van der Waals surface area contributed by atoms with Crippen LogP contribution < -0.4 is 5.32 Å². The molecule has 3 nitrogen and oxygen atoms in total. The number of sulfone groups is 1. The molecule has 0 heterocycles. The van der Waals surface area contributed by atoms with Gasteiger partial charge in [-0.25, -0.2) is 17.2 Å². The normalized spacial score (nSPS) is 13.6. The molecule has 1 atom stereocenters. The molecule has 0 spiro atoms. The summed E-state index contributed by atoms with van der Waals surface area (Å²) in [4.78, 5) is -0.193. The average Bonchev–Trinajstić information content (AvgIpc) is 2.21. The maximum atomic E-state index is 12.9. The van der Waals surface area contributed by atoms with E-state index in [9.17, 15) is 17.2 Å². The van der Waals surface area contributed by atoms with E-state index >= 15 is 0 Å². The third-order valence-electron chi connectivity index (χ3n) is 2.27. The zero-order valence-electron chi connectivity index (χ0n) is 9.70. The lowest BCUT2D eigenvalue weighted by Gasteiger charge is -2.12. The fourth-order valence-electron chi connectivity index (χ4n) is 1.50. The molecular weight excluding hydrogens is 248 g/mol. The Labute approximate surface area is 99.8 Å². The molecule has 0 aliphatic rings. The Hall–Kier alpha value is -1.01. The second-order valence-electron chi connectivity index (χ2n) is 3.82. The van der Waals surface area contributed by atoms with E-state index in [-0.39, 0.29) is 16.7 Å². The molecule has 0 bridgehead atoms. The number of halogens is 2. The van der Waals surface area contributed by atoms with Gasteiger partial charge in [-0.2, -0.15) is 0 Å². The van der Waals surface area contributed by atoms with Gasteiger partial charge in [-0.05, 0) is 31.7 Å². The maximum absolute atomic E-state index is 12.9. The van der Waals surface area contributed by atoms with E-state index in [2.05, 4.69) is 5.32 Å². The van der Waals surface area contributed by atoms with Crippen LogP contribution in [-0.2, 0) is 9.84 Å². The Bertz CT molecular complexity index is 488. The standard InChI is InChI=1S/C11H15F2NO2S/c1-3-14-8(2)7-17(15,16)9-4-5-10(12)11(13)6-9/h4-6,8,14H,3,7H2,1-2H3. The van der Waals surface area contributed by atoms with Gasteiger partial charge in [-0.1, -0.05) is 6.92 Å². The Kier molecular flexibility index (Phi) is 4.59. The lowest BCUT2D eigenvalue weighted by molar-refractivity contribution is 0.504. The van der Waals surface area contributed by atoms with Gasteiger partial charge >= 0.3 is 0 Å². The van der Waals surface area contributed by atoms with E-state index in [0.717, 1.165) is 12.1 Å².